The predicted octanol–water partition coefficient (Wildman–Crippen LogP) is 1.54. The van der Waals surface area contributed by atoms with Crippen LogP contribution >= 0.6 is 0 Å². The van der Waals surface area contributed by atoms with E-state index in [0.29, 0.717) is 6.54 Å². The van der Waals surface area contributed by atoms with E-state index in [1.807, 2.05) is 20.8 Å². The number of nitrogens with zero attached hydrogens (tertiary/aromatic N) is 2. The Labute approximate surface area is 145 Å². The van der Waals surface area contributed by atoms with Crippen molar-refractivity contribution >= 4 is 15.9 Å². The maximum atomic E-state index is 12.6. The van der Waals surface area contributed by atoms with Gasteiger partial charge in [-0.2, -0.15) is 4.31 Å². The number of carbonyl (C=O) groups is 1. The SMILES string of the molecule is CCCCN(CCO)C(=O)CN(C)S(=O)(=O)c1ccc(C)c(C)c1. The number of carbonyl (C=O) groups excluding carboxylic acids is 1. The second kappa shape index (κ2) is 9.15. The number of unbranched alkanes of at least 4 members (excludes halogenated alkanes) is 1. The van der Waals surface area contributed by atoms with Crippen molar-refractivity contribution in [2.45, 2.75) is 38.5 Å². The monoisotopic (exact) mass is 356 g/mol. The first kappa shape index (κ1) is 20.6. The lowest BCUT2D eigenvalue weighted by molar-refractivity contribution is -0.131. The van der Waals surface area contributed by atoms with Gasteiger partial charge in [0.15, 0.2) is 0 Å². The third-order valence-corrected chi connectivity index (χ3v) is 5.85. The van der Waals surface area contributed by atoms with Gasteiger partial charge in [-0.25, -0.2) is 8.42 Å². The quantitative estimate of drug-likeness (QED) is 0.728. The van der Waals surface area contributed by atoms with Gasteiger partial charge in [0.2, 0.25) is 15.9 Å². The van der Waals surface area contributed by atoms with Crippen molar-refractivity contribution in [1.29, 1.82) is 0 Å². The third-order valence-electron chi connectivity index (χ3n) is 4.05. The maximum absolute atomic E-state index is 12.6. The summed E-state index contributed by atoms with van der Waals surface area (Å²) < 4.78 is 26.3. The van der Waals surface area contributed by atoms with Gasteiger partial charge in [-0.05, 0) is 43.5 Å². The van der Waals surface area contributed by atoms with E-state index in [9.17, 15) is 13.2 Å². The highest BCUT2D eigenvalue weighted by atomic mass is 32.2. The molecule has 6 nitrogen and oxygen atoms in total. The molecule has 0 aliphatic rings. The molecule has 1 N–H and O–H groups in total. The molecule has 7 heteroatoms. The molecule has 1 rings (SSSR count). The molecule has 0 fully saturated rings. The molecular weight excluding hydrogens is 328 g/mol. The summed E-state index contributed by atoms with van der Waals surface area (Å²) in [7, 11) is -2.32. The molecule has 136 valence electrons. The highest BCUT2D eigenvalue weighted by molar-refractivity contribution is 7.89. The van der Waals surface area contributed by atoms with Gasteiger partial charge in [-0.3, -0.25) is 4.79 Å². The van der Waals surface area contributed by atoms with Crippen molar-refractivity contribution in [3.05, 3.63) is 29.3 Å². The van der Waals surface area contributed by atoms with Gasteiger partial charge in [-0.1, -0.05) is 19.4 Å². The summed E-state index contributed by atoms with van der Waals surface area (Å²) in [5, 5.41) is 9.09. The van der Waals surface area contributed by atoms with E-state index in [1.165, 1.54) is 11.9 Å². The zero-order valence-corrected chi connectivity index (χ0v) is 15.8. The van der Waals surface area contributed by atoms with Crippen molar-refractivity contribution < 1.29 is 18.3 Å². The first-order valence-electron chi connectivity index (χ1n) is 8.16. The highest BCUT2D eigenvalue weighted by Gasteiger charge is 2.25. The topological polar surface area (TPSA) is 77.9 Å². The molecule has 1 aromatic carbocycles. The van der Waals surface area contributed by atoms with Crippen LogP contribution in [0.15, 0.2) is 23.1 Å². The minimum Gasteiger partial charge on any atom is -0.395 e. The van der Waals surface area contributed by atoms with Crippen molar-refractivity contribution in [3.8, 4) is 0 Å². The van der Waals surface area contributed by atoms with Gasteiger partial charge in [0.25, 0.3) is 0 Å². The molecule has 0 bridgehead atoms. The standard InChI is InChI=1S/C17H28N2O4S/c1-5-6-9-19(10-11-20)17(21)13-18(4)24(22,23)16-8-7-14(2)15(3)12-16/h7-8,12,20H,5-6,9-11,13H2,1-4H3. The summed E-state index contributed by atoms with van der Waals surface area (Å²) in [6, 6.07) is 4.94. The van der Waals surface area contributed by atoms with Crippen molar-refractivity contribution in [3.63, 3.8) is 0 Å². The minimum absolute atomic E-state index is 0.136. The van der Waals surface area contributed by atoms with Gasteiger partial charge >= 0.3 is 0 Å². The van der Waals surface area contributed by atoms with Crippen LogP contribution in [0, 0.1) is 13.8 Å². The number of sulfonamides is 1. The van der Waals surface area contributed by atoms with E-state index in [1.54, 1.807) is 18.2 Å². The Balaban J connectivity index is 2.88. The van der Waals surface area contributed by atoms with E-state index in [0.717, 1.165) is 28.3 Å². The first-order valence-corrected chi connectivity index (χ1v) is 9.60. The van der Waals surface area contributed by atoms with Gasteiger partial charge in [0, 0.05) is 20.1 Å². The fraction of sp³-hybridized carbons (Fsp3) is 0.588. The number of aliphatic hydroxyl groups is 1. The zero-order valence-electron chi connectivity index (χ0n) is 14.9. The van der Waals surface area contributed by atoms with Gasteiger partial charge in [0.05, 0.1) is 18.0 Å². The second-order valence-electron chi connectivity index (χ2n) is 5.97. The molecule has 0 spiro atoms. The molecule has 0 aliphatic carbocycles. The molecule has 0 atom stereocenters. The van der Waals surface area contributed by atoms with Crippen LogP contribution in [0.3, 0.4) is 0 Å². The smallest absolute Gasteiger partial charge is 0.243 e. The van der Waals surface area contributed by atoms with Crippen LogP contribution in [0.4, 0.5) is 0 Å². The number of hydrogen-bond donors (Lipinski definition) is 1. The molecular formula is C17H28N2O4S. The summed E-state index contributed by atoms with van der Waals surface area (Å²) in [5.41, 5.74) is 1.90. The van der Waals surface area contributed by atoms with Crippen molar-refractivity contribution in [2.75, 3.05) is 33.3 Å². The Morgan fingerprint density at radius 3 is 2.38 bits per heavy atom. The van der Waals surface area contributed by atoms with Crippen LogP contribution in [0.5, 0.6) is 0 Å². The third kappa shape index (κ3) is 5.29. The molecule has 0 unspecified atom stereocenters. The molecule has 0 aliphatic heterocycles. The van der Waals surface area contributed by atoms with E-state index >= 15 is 0 Å². The van der Waals surface area contributed by atoms with Gasteiger partial charge in [-0.15, -0.1) is 0 Å². The lowest BCUT2D eigenvalue weighted by atomic mass is 10.1. The van der Waals surface area contributed by atoms with Crippen LogP contribution in [0.25, 0.3) is 0 Å². The molecule has 0 radical (unpaired) electrons. The fourth-order valence-electron chi connectivity index (χ4n) is 2.26. The number of likely N-dealkylation sites (N-methyl/N-ethyl adjacent to an activating group) is 1. The summed E-state index contributed by atoms with van der Waals surface area (Å²) in [5.74, 6) is -0.299. The van der Waals surface area contributed by atoms with E-state index in [4.69, 9.17) is 5.11 Å². The largest absolute Gasteiger partial charge is 0.395 e. The lowest BCUT2D eigenvalue weighted by Crippen LogP contribution is -2.42. The number of hydrogen-bond acceptors (Lipinski definition) is 4. The minimum atomic E-state index is -3.72. The molecule has 1 aromatic rings. The van der Waals surface area contributed by atoms with E-state index in [-0.39, 0.29) is 30.5 Å². The summed E-state index contributed by atoms with van der Waals surface area (Å²) in [4.78, 5) is 14.1. The summed E-state index contributed by atoms with van der Waals surface area (Å²) in [6.45, 7) is 6.15. The Morgan fingerprint density at radius 1 is 1.17 bits per heavy atom. The lowest BCUT2D eigenvalue weighted by Gasteiger charge is -2.25. The Hall–Kier alpha value is -1.44. The molecule has 0 saturated heterocycles. The van der Waals surface area contributed by atoms with E-state index in [2.05, 4.69) is 0 Å². The van der Waals surface area contributed by atoms with Gasteiger partial charge in [0.1, 0.15) is 0 Å². The normalized spacial score (nSPS) is 11.8. The van der Waals surface area contributed by atoms with Crippen molar-refractivity contribution in [1.82, 2.24) is 9.21 Å². The molecule has 0 heterocycles. The average Bonchev–Trinajstić information content (AvgIpc) is 2.53. The van der Waals surface area contributed by atoms with Crippen molar-refractivity contribution in [2.24, 2.45) is 0 Å². The predicted molar refractivity (Wildman–Crippen MR) is 94.3 cm³/mol. The van der Waals surface area contributed by atoms with Gasteiger partial charge < -0.3 is 10.0 Å². The average molecular weight is 356 g/mol. The second-order valence-corrected chi connectivity index (χ2v) is 8.01. The maximum Gasteiger partial charge on any atom is 0.243 e. The van der Waals surface area contributed by atoms with Crippen LogP contribution < -0.4 is 0 Å². The molecule has 1 amide bonds. The number of rotatable bonds is 9. The first-order chi connectivity index (χ1) is 11.2. The summed E-state index contributed by atoms with van der Waals surface area (Å²) >= 11 is 0. The number of amides is 1. The Bertz CT molecular complexity index is 659. The summed E-state index contributed by atoms with van der Waals surface area (Å²) in [6.07, 6.45) is 1.74. The zero-order chi connectivity index (χ0) is 18.3. The number of aryl methyl sites for hydroxylation is 2. The molecule has 0 saturated carbocycles. The molecule has 24 heavy (non-hydrogen) atoms. The highest BCUT2D eigenvalue weighted by Crippen LogP contribution is 2.18. The van der Waals surface area contributed by atoms with Crippen LogP contribution in [-0.4, -0.2) is 61.9 Å². The van der Waals surface area contributed by atoms with Crippen LogP contribution in [-0.2, 0) is 14.8 Å². The van der Waals surface area contributed by atoms with E-state index < -0.39 is 10.0 Å². The van der Waals surface area contributed by atoms with Crippen LogP contribution in [0.2, 0.25) is 0 Å². The Kier molecular flexibility index (Phi) is 7.86. The van der Waals surface area contributed by atoms with Crippen LogP contribution in [0.1, 0.15) is 30.9 Å². The Morgan fingerprint density at radius 2 is 1.83 bits per heavy atom. The number of aliphatic hydroxyl groups excluding tert-OH is 1. The number of benzene rings is 1. The molecule has 0 aromatic heterocycles. The fourth-order valence-corrected chi connectivity index (χ4v) is 3.47.